The van der Waals surface area contributed by atoms with Crippen molar-refractivity contribution in [2.24, 2.45) is 9.98 Å². The quantitative estimate of drug-likeness (QED) is 0.351. The number of rotatable bonds is 8. The van der Waals surface area contributed by atoms with Gasteiger partial charge in [-0.15, -0.1) is 0 Å². The van der Waals surface area contributed by atoms with Gasteiger partial charge in [-0.25, -0.2) is 0 Å². The predicted molar refractivity (Wildman–Crippen MR) is 95.9 cm³/mol. The fourth-order valence-corrected chi connectivity index (χ4v) is 1.60. The Balaban J connectivity index is -0.000000372. The number of ether oxygens (including phenoxy) is 2. The van der Waals surface area contributed by atoms with Gasteiger partial charge in [0.1, 0.15) is 0 Å². The van der Waals surface area contributed by atoms with Gasteiger partial charge in [0.2, 0.25) is 0 Å². The zero-order valence-corrected chi connectivity index (χ0v) is 19.9. The van der Waals surface area contributed by atoms with E-state index in [1.807, 2.05) is 27.7 Å². The predicted octanol–water partition coefficient (Wildman–Crippen LogP) is 2.19. The van der Waals surface area contributed by atoms with Gasteiger partial charge >= 0.3 is 19.5 Å². The minimum absolute atomic E-state index is 0. The molecule has 0 radical (unpaired) electrons. The molecule has 0 aromatic heterocycles. The van der Waals surface area contributed by atoms with E-state index in [2.05, 4.69) is 9.98 Å². The van der Waals surface area contributed by atoms with Gasteiger partial charge in [0.15, 0.2) is 0 Å². The SMILES string of the molecule is CCO/C([O-])=C/C(C)=NC(C)C.CCO/C([O-])=C/C(C)=NC(C)C.[Zn+2]. The third-order valence-electron chi connectivity index (χ3n) is 2.15. The zero-order valence-electron chi connectivity index (χ0n) is 17.0. The van der Waals surface area contributed by atoms with E-state index < -0.39 is 0 Å². The number of allylic oxidation sites excluding steroid dienone is 2. The van der Waals surface area contributed by atoms with Gasteiger partial charge in [0, 0.05) is 23.5 Å². The summed E-state index contributed by atoms with van der Waals surface area (Å²) in [5.41, 5.74) is 1.42. The fraction of sp³-hybridized carbons (Fsp3) is 0.667. The van der Waals surface area contributed by atoms with Gasteiger partial charge in [-0.05, 0) is 66.9 Å². The maximum Gasteiger partial charge on any atom is 2.00 e. The molecule has 0 unspecified atom stereocenters. The summed E-state index contributed by atoms with van der Waals surface area (Å²) in [6, 6.07) is 0.436. The van der Waals surface area contributed by atoms with E-state index in [9.17, 15) is 10.2 Å². The molecule has 7 heteroatoms. The molecule has 0 atom stereocenters. The molecule has 0 saturated heterocycles. The Bertz CT molecular complexity index is 414. The first-order chi connectivity index (χ1) is 11.1. The van der Waals surface area contributed by atoms with Crippen molar-refractivity contribution in [3.05, 3.63) is 24.0 Å². The summed E-state index contributed by atoms with van der Waals surface area (Å²) >= 11 is 0. The molecule has 0 aromatic rings. The van der Waals surface area contributed by atoms with Crippen molar-refractivity contribution in [3.8, 4) is 0 Å². The second-order valence-corrected chi connectivity index (χ2v) is 5.52. The molecule has 0 aliphatic carbocycles. The van der Waals surface area contributed by atoms with E-state index in [-0.39, 0.29) is 43.5 Å². The van der Waals surface area contributed by atoms with E-state index in [0.29, 0.717) is 24.6 Å². The Labute approximate surface area is 165 Å². The van der Waals surface area contributed by atoms with Crippen LogP contribution in [0.1, 0.15) is 55.4 Å². The van der Waals surface area contributed by atoms with Crippen LogP contribution in [0.15, 0.2) is 34.0 Å². The van der Waals surface area contributed by atoms with Gasteiger partial charge in [0.25, 0.3) is 0 Å². The smallest absolute Gasteiger partial charge is 0.613 e. The maximum absolute atomic E-state index is 10.9. The van der Waals surface area contributed by atoms with Crippen LogP contribution in [0.3, 0.4) is 0 Å². The van der Waals surface area contributed by atoms with Crippen LogP contribution in [0, 0.1) is 0 Å². The van der Waals surface area contributed by atoms with Gasteiger partial charge < -0.3 is 19.7 Å². The van der Waals surface area contributed by atoms with Gasteiger partial charge in [-0.3, -0.25) is 9.98 Å². The zero-order chi connectivity index (χ0) is 19.1. The van der Waals surface area contributed by atoms with Crippen LogP contribution in [0.2, 0.25) is 0 Å². The molecule has 6 nitrogen and oxygen atoms in total. The molecular formula is C18H32N2O4Zn. The molecule has 0 rings (SSSR count). The van der Waals surface area contributed by atoms with Crippen molar-refractivity contribution in [2.45, 2.75) is 67.5 Å². The van der Waals surface area contributed by atoms with Crippen LogP contribution >= 0.6 is 0 Å². The average Bonchev–Trinajstić information content (AvgIpc) is 2.37. The first kappa shape index (κ1) is 28.4. The first-order valence-electron chi connectivity index (χ1n) is 8.24. The molecule has 140 valence electrons. The Morgan fingerprint density at radius 3 is 1.28 bits per heavy atom. The average molecular weight is 406 g/mol. The summed E-state index contributed by atoms with van der Waals surface area (Å²) in [4.78, 5) is 8.32. The topological polar surface area (TPSA) is 89.3 Å². The molecule has 0 heterocycles. The van der Waals surface area contributed by atoms with E-state index in [1.54, 1.807) is 27.7 Å². The van der Waals surface area contributed by atoms with Crippen LogP contribution in [0.5, 0.6) is 0 Å². The summed E-state index contributed by atoms with van der Waals surface area (Å²) < 4.78 is 9.44. The van der Waals surface area contributed by atoms with Crippen LogP contribution in [-0.2, 0) is 29.0 Å². The van der Waals surface area contributed by atoms with Crippen molar-refractivity contribution >= 4 is 11.4 Å². The van der Waals surface area contributed by atoms with Crippen molar-refractivity contribution in [1.82, 2.24) is 0 Å². The normalized spacial score (nSPS) is 13.2. The first-order valence-corrected chi connectivity index (χ1v) is 8.24. The molecule has 0 fully saturated rings. The van der Waals surface area contributed by atoms with Gasteiger partial charge in [-0.1, -0.05) is 13.8 Å². The summed E-state index contributed by atoms with van der Waals surface area (Å²) in [5.74, 6) is -0.640. The van der Waals surface area contributed by atoms with Crippen molar-refractivity contribution in [2.75, 3.05) is 13.2 Å². The summed E-state index contributed by atoms with van der Waals surface area (Å²) in [7, 11) is 0. The van der Waals surface area contributed by atoms with Gasteiger partial charge in [0.05, 0.1) is 11.9 Å². The van der Waals surface area contributed by atoms with E-state index >= 15 is 0 Å². The monoisotopic (exact) mass is 404 g/mol. The Morgan fingerprint density at radius 1 is 0.800 bits per heavy atom. The molecule has 0 N–H and O–H groups in total. The molecule has 0 aromatic carbocycles. The van der Waals surface area contributed by atoms with Crippen LogP contribution in [0.4, 0.5) is 0 Å². The van der Waals surface area contributed by atoms with Crippen LogP contribution < -0.4 is 10.2 Å². The van der Waals surface area contributed by atoms with Crippen LogP contribution in [-0.4, -0.2) is 36.7 Å². The molecular weight excluding hydrogens is 374 g/mol. The van der Waals surface area contributed by atoms with Crippen LogP contribution in [0.25, 0.3) is 0 Å². The van der Waals surface area contributed by atoms with Gasteiger partial charge in [-0.2, -0.15) is 0 Å². The Morgan fingerprint density at radius 2 is 1.08 bits per heavy atom. The van der Waals surface area contributed by atoms with E-state index in [1.165, 1.54) is 12.2 Å². The third kappa shape index (κ3) is 22.6. The second kappa shape index (κ2) is 17.5. The van der Waals surface area contributed by atoms with Crippen molar-refractivity contribution < 1.29 is 39.2 Å². The van der Waals surface area contributed by atoms with Crippen molar-refractivity contribution in [3.63, 3.8) is 0 Å². The molecule has 0 bridgehead atoms. The van der Waals surface area contributed by atoms with E-state index in [4.69, 9.17) is 9.47 Å². The molecule has 0 spiro atoms. The molecule has 0 aliphatic rings. The molecule has 0 amide bonds. The molecule has 25 heavy (non-hydrogen) atoms. The minimum atomic E-state index is -0.320. The largest absolute Gasteiger partial charge is 2.00 e. The standard InChI is InChI=1S/2C9H17NO2.Zn/c2*1-5-12-9(11)6-8(4)10-7(2)3;/h2*6-7,11H,5H2,1-4H3;/q;;+2/p-2/b2*9-6+,10-8?;. The summed E-state index contributed by atoms with van der Waals surface area (Å²) in [6.07, 6.45) is 2.81. The second-order valence-electron chi connectivity index (χ2n) is 5.52. The minimum Gasteiger partial charge on any atom is -0.613 e. The maximum atomic E-state index is 10.9. The van der Waals surface area contributed by atoms with E-state index in [0.717, 1.165) is 0 Å². The number of hydrogen-bond acceptors (Lipinski definition) is 6. The summed E-state index contributed by atoms with van der Waals surface area (Å²) in [5, 5.41) is 21.8. The number of aliphatic imine (C=N–C) groups is 2. The number of nitrogens with zero attached hydrogens (tertiary/aromatic N) is 2. The van der Waals surface area contributed by atoms with Crippen molar-refractivity contribution in [1.29, 1.82) is 0 Å². The Kier molecular flexibility index (Phi) is 19.9. The Hall–Kier alpha value is -1.36. The number of hydrogen-bond donors (Lipinski definition) is 0. The third-order valence-corrected chi connectivity index (χ3v) is 2.15. The molecule has 0 saturated carbocycles. The fourth-order valence-electron chi connectivity index (χ4n) is 1.60. The summed E-state index contributed by atoms with van der Waals surface area (Å²) in [6.45, 7) is 15.8. The molecule has 0 aliphatic heterocycles.